The van der Waals surface area contributed by atoms with E-state index in [1.54, 1.807) is 12.3 Å². The highest BCUT2D eigenvalue weighted by Gasteiger charge is 2.11. The smallest absolute Gasteiger partial charge is 0.120 e. The van der Waals surface area contributed by atoms with Crippen molar-refractivity contribution in [2.75, 3.05) is 7.05 Å². The first-order valence-corrected chi connectivity index (χ1v) is 8.40. The Morgan fingerprint density at radius 1 is 1.12 bits per heavy atom. The summed E-state index contributed by atoms with van der Waals surface area (Å²) in [6.45, 7) is 4.98. The van der Waals surface area contributed by atoms with Crippen LogP contribution in [0, 0.1) is 0 Å². The maximum atomic E-state index is 10.2. The van der Waals surface area contributed by atoms with Gasteiger partial charge in [-0.15, -0.1) is 0 Å². The molecular formula is C20H21ClN2O. The molecule has 0 bridgehead atoms. The van der Waals surface area contributed by atoms with E-state index in [0.717, 1.165) is 27.6 Å². The van der Waals surface area contributed by atoms with E-state index < -0.39 is 0 Å². The number of hydrogen-bond acceptors (Lipinski definition) is 3. The van der Waals surface area contributed by atoms with Gasteiger partial charge in [0.15, 0.2) is 0 Å². The number of rotatable bonds is 4. The average molecular weight is 341 g/mol. The van der Waals surface area contributed by atoms with Crippen LogP contribution in [-0.4, -0.2) is 28.1 Å². The van der Waals surface area contributed by atoms with Crippen molar-refractivity contribution in [3.05, 3.63) is 59.2 Å². The van der Waals surface area contributed by atoms with Gasteiger partial charge in [-0.1, -0.05) is 23.7 Å². The topological polar surface area (TPSA) is 36.4 Å². The number of phenols is 1. The van der Waals surface area contributed by atoms with Crippen molar-refractivity contribution in [2.24, 2.45) is 0 Å². The summed E-state index contributed by atoms with van der Waals surface area (Å²) in [5.74, 6) is 0.327. The van der Waals surface area contributed by atoms with Crippen LogP contribution in [0.5, 0.6) is 5.75 Å². The molecule has 0 atom stereocenters. The third-order valence-corrected chi connectivity index (χ3v) is 4.63. The van der Waals surface area contributed by atoms with Crippen LogP contribution in [0.3, 0.4) is 0 Å². The number of phenolic OH excluding ortho intramolecular Hbond substituents is 1. The van der Waals surface area contributed by atoms with E-state index in [0.29, 0.717) is 23.4 Å². The molecule has 0 aliphatic carbocycles. The van der Waals surface area contributed by atoms with Gasteiger partial charge in [0.1, 0.15) is 5.75 Å². The lowest BCUT2D eigenvalue weighted by molar-refractivity contribution is 0.262. The van der Waals surface area contributed by atoms with Crippen molar-refractivity contribution in [3.63, 3.8) is 0 Å². The number of fused-ring (bicyclic) bond motifs is 1. The average Bonchev–Trinajstić information content (AvgIpc) is 2.56. The number of aromatic hydroxyl groups is 1. The Kier molecular flexibility index (Phi) is 4.74. The number of benzene rings is 2. The second-order valence-corrected chi connectivity index (χ2v) is 6.81. The van der Waals surface area contributed by atoms with Gasteiger partial charge in [0.05, 0.1) is 5.52 Å². The first-order chi connectivity index (χ1) is 11.5. The van der Waals surface area contributed by atoms with Gasteiger partial charge in [-0.2, -0.15) is 0 Å². The summed E-state index contributed by atoms with van der Waals surface area (Å²) in [5.41, 5.74) is 3.94. The minimum atomic E-state index is 0.327. The maximum Gasteiger partial charge on any atom is 0.120 e. The van der Waals surface area contributed by atoms with Crippen LogP contribution in [0.4, 0.5) is 0 Å². The number of aromatic nitrogens is 1. The Morgan fingerprint density at radius 3 is 2.67 bits per heavy atom. The molecule has 0 aliphatic heterocycles. The van der Waals surface area contributed by atoms with Gasteiger partial charge in [-0.25, -0.2) is 0 Å². The molecule has 3 aromatic rings. The zero-order chi connectivity index (χ0) is 17.3. The van der Waals surface area contributed by atoms with Crippen molar-refractivity contribution in [1.82, 2.24) is 9.88 Å². The molecule has 2 aromatic carbocycles. The highest BCUT2D eigenvalue weighted by Crippen LogP contribution is 2.32. The normalized spacial score (nSPS) is 11.6. The number of hydrogen-bond donors (Lipinski definition) is 1. The monoisotopic (exact) mass is 340 g/mol. The summed E-state index contributed by atoms with van der Waals surface area (Å²) >= 11 is 6.07. The lowest BCUT2D eigenvalue weighted by Gasteiger charge is -2.22. The van der Waals surface area contributed by atoms with Crippen LogP contribution in [0.1, 0.15) is 19.4 Å². The highest BCUT2D eigenvalue weighted by molar-refractivity contribution is 6.31. The molecule has 0 amide bonds. The molecule has 3 nitrogen and oxygen atoms in total. The van der Waals surface area contributed by atoms with Crippen molar-refractivity contribution < 1.29 is 5.11 Å². The molecule has 24 heavy (non-hydrogen) atoms. The lowest BCUT2D eigenvalue weighted by Crippen LogP contribution is -2.25. The summed E-state index contributed by atoms with van der Waals surface area (Å²) in [4.78, 5) is 6.60. The van der Waals surface area contributed by atoms with Gasteiger partial charge in [-0.05, 0) is 62.4 Å². The summed E-state index contributed by atoms with van der Waals surface area (Å²) in [6, 6.07) is 13.9. The zero-order valence-electron chi connectivity index (χ0n) is 14.1. The van der Waals surface area contributed by atoms with E-state index in [2.05, 4.69) is 36.8 Å². The Morgan fingerprint density at radius 2 is 1.92 bits per heavy atom. The molecule has 0 saturated carbocycles. The Labute approximate surface area is 147 Å². The van der Waals surface area contributed by atoms with Crippen LogP contribution in [0.15, 0.2) is 48.7 Å². The van der Waals surface area contributed by atoms with E-state index in [9.17, 15) is 5.11 Å². The van der Waals surface area contributed by atoms with Crippen molar-refractivity contribution in [2.45, 2.75) is 26.4 Å². The fraction of sp³-hybridized carbons (Fsp3) is 0.250. The molecule has 1 aromatic heterocycles. The minimum absolute atomic E-state index is 0.327. The van der Waals surface area contributed by atoms with Crippen molar-refractivity contribution in [1.29, 1.82) is 0 Å². The van der Waals surface area contributed by atoms with E-state index in [4.69, 9.17) is 11.6 Å². The van der Waals surface area contributed by atoms with E-state index in [1.165, 1.54) is 0 Å². The number of halogens is 1. The molecule has 0 unspecified atom stereocenters. The summed E-state index contributed by atoms with van der Waals surface area (Å²) in [5, 5.41) is 11.9. The quantitative estimate of drug-likeness (QED) is 0.717. The van der Waals surface area contributed by atoms with Crippen LogP contribution in [0.25, 0.3) is 22.0 Å². The highest BCUT2D eigenvalue weighted by atomic mass is 35.5. The molecule has 1 N–H and O–H groups in total. The molecule has 0 saturated heterocycles. The molecule has 0 fully saturated rings. The molecule has 124 valence electrons. The SMILES string of the molecule is CC(C)N(C)Cc1cc(-c2ccnc3cc(Cl)ccc23)ccc1O. The van der Waals surface area contributed by atoms with Gasteiger partial charge in [0.2, 0.25) is 0 Å². The molecule has 1 heterocycles. The fourth-order valence-corrected chi connectivity index (χ4v) is 2.87. The van der Waals surface area contributed by atoms with Gasteiger partial charge in [-0.3, -0.25) is 9.88 Å². The fourth-order valence-electron chi connectivity index (χ4n) is 2.70. The summed E-state index contributed by atoms with van der Waals surface area (Å²) < 4.78 is 0. The van der Waals surface area contributed by atoms with Crippen LogP contribution < -0.4 is 0 Å². The zero-order valence-corrected chi connectivity index (χ0v) is 14.9. The van der Waals surface area contributed by atoms with E-state index >= 15 is 0 Å². The van der Waals surface area contributed by atoms with Gasteiger partial charge in [0.25, 0.3) is 0 Å². The van der Waals surface area contributed by atoms with Crippen LogP contribution in [-0.2, 0) is 6.54 Å². The predicted molar refractivity (Wildman–Crippen MR) is 100 cm³/mol. The van der Waals surface area contributed by atoms with Gasteiger partial charge < -0.3 is 5.11 Å². The standard InChI is InChI=1S/C20H21ClN2O/c1-13(2)23(3)12-15-10-14(4-7-20(15)24)17-8-9-22-19-11-16(21)5-6-18(17)19/h4-11,13,24H,12H2,1-3H3. The lowest BCUT2D eigenvalue weighted by atomic mass is 9.99. The second-order valence-electron chi connectivity index (χ2n) is 6.37. The Bertz CT molecular complexity index is 877. The Hall–Kier alpha value is -2.10. The van der Waals surface area contributed by atoms with Crippen molar-refractivity contribution in [3.8, 4) is 16.9 Å². The number of pyridine rings is 1. The summed E-state index contributed by atoms with van der Waals surface area (Å²) in [7, 11) is 2.06. The maximum absolute atomic E-state index is 10.2. The first-order valence-electron chi connectivity index (χ1n) is 8.02. The third kappa shape index (κ3) is 3.37. The first kappa shape index (κ1) is 16.7. The number of nitrogens with zero attached hydrogens (tertiary/aromatic N) is 2. The van der Waals surface area contributed by atoms with E-state index in [-0.39, 0.29) is 0 Å². The molecule has 0 spiro atoms. The largest absolute Gasteiger partial charge is 0.508 e. The minimum Gasteiger partial charge on any atom is -0.508 e. The van der Waals surface area contributed by atoms with Gasteiger partial charge in [0, 0.05) is 34.8 Å². The van der Waals surface area contributed by atoms with Crippen LogP contribution >= 0.6 is 11.6 Å². The second kappa shape index (κ2) is 6.80. The molecule has 3 rings (SSSR count). The summed E-state index contributed by atoms with van der Waals surface area (Å²) in [6.07, 6.45) is 1.79. The Balaban J connectivity index is 2.07. The van der Waals surface area contributed by atoms with Crippen molar-refractivity contribution >= 4 is 22.5 Å². The molecular weight excluding hydrogens is 320 g/mol. The van der Waals surface area contributed by atoms with Gasteiger partial charge >= 0.3 is 0 Å². The predicted octanol–water partition coefficient (Wildman–Crippen LogP) is 5.10. The molecule has 4 heteroatoms. The van der Waals surface area contributed by atoms with Crippen LogP contribution in [0.2, 0.25) is 5.02 Å². The molecule has 0 radical (unpaired) electrons. The van der Waals surface area contributed by atoms with E-state index in [1.807, 2.05) is 30.3 Å². The third-order valence-electron chi connectivity index (χ3n) is 4.40. The molecule has 0 aliphatic rings.